The molecule has 22 heavy (non-hydrogen) atoms. The lowest BCUT2D eigenvalue weighted by atomic mass is 10.2. The fourth-order valence-electron chi connectivity index (χ4n) is 1.70. The molecule has 0 aliphatic heterocycles. The lowest BCUT2D eigenvalue weighted by Gasteiger charge is -2.07. The number of rotatable bonds is 6. The van der Waals surface area contributed by atoms with Crippen molar-refractivity contribution in [1.29, 1.82) is 0 Å². The Labute approximate surface area is 127 Å². The fraction of sp³-hybridized carbons (Fsp3) is 0.0625. The number of oxime groups is 1. The number of para-hydroxylation sites is 1. The summed E-state index contributed by atoms with van der Waals surface area (Å²) in [6.07, 6.45) is 1.48. The molecule has 0 radical (unpaired) electrons. The van der Waals surface area contributed by atoms with Gasteiger partial charge in [0.25, 0.3) is 5.91 Å². The van der Waals surface area contributed by atoms with E-state index in [2.05, 4.69) is 10.5 Å². The largest absolute Gasteiger partial charge is 0.478 e. The van der Waals surface area contributed by atoms with E-state index in [1.54, 1.807) is 12.1 Å². The van der Waals surface area contributed by atoms with Crippen LogP contribution in [0.25, 0.3) is 0 Å². The Bertz CT molecular complexity index is 684. The van der Waals surface area contributed by atoms with Gasteiger partial charge in [-0.15, -0.1) is 0 Å². The van der Waals surface area contributed by atoms with Crippen molar-refractivity contribution in [3.05, 3.63) is 65.7 Å². The molecule has 0 saturated heterocycles. The molecular weight excluding hydrogens is 284 g/mol. The molecule has 1 amide bonds. The second-order valence-electron chi connectivity index (χ2n) is 4.32. The highest BCUT2D eigenvalue weighted by Crippen LogP contribution is 2.14. The van der Waals surface area contributed by atoms with Crippen LogP contribution in [0.3, 0.4) is 0 Å². The zero-order chi connectivity index (χ0) is 15.8. The normalized spacial score (nSPS) is 10.4. The van der Waals surface area contributed by atoms with E-state index in [4.69, 9.17) is 9.94 Å². The molecule has 112 valence electrons. The van der Waals surface area contributed by atoms with Gasteiger partial charge in [-0.2, -0.15) is 0 Å². The van der Waals surface area contributed by atoms with Crippen molar-refractivity contribution >= 4 is 23.8 Å². The summed E-state index contributed by atoms with van der Waals surface area (Å²) in [6, 6.07) is 15.4. The van der Waals surface area contributed by atoms with Crippen molar-refractivity contribution in [3.63, 3.8) is 0 Å². The quantitative estimate of drug-likeness (QED) is 0.633. The van der Waals surface area contributed by atoms with E-state index < -0.39 is 11.9 Å². The van der Waals surface area contributed by atoms with Crippen LogP contribution in [0.15, 0.2) is 59.8 Å². The smallest absolute Gasteiger partial charge is 0.337 e. The lowest BCUT2D eigenvalue weighted by molar-refractivity contribution is -0.120. The fourth-order valence-corrected chi connectivity index (χ4v) is 1.70. The summed E-state index contributed by atoms with van der Waals surface area (Å²) in [4.78, 5) is 27.6. The Hall–Kier alpha value is -3.15. The summed E-state index contributed by atoms with van der Waals surface area (Å²) in [5.74, 6) is -1.60. The number of nitrogens with one attached hydrogen (secondary N) is 1. The molecule has 2 N–H and O–H groups in total. The molecule has 0 saturated carbocycles. The van der Waals surface area contributed by atoms with Crippen LogP contribution in [0.5, 0.6) is 0 Å². The Kier molecular flexibility index (Phi) is 5.25. The summed E-state index contributed by atoms with van der Waals surface area (Å²) >= 11 is 0. The van der Waals surface area contributed by atoms with Crippen LogP contribution in [0.2, 0.25) is 0 Å². The minimum atomic E-state index is -1.11. The molecule has 0 aliphatic rings. The SMILES string of the molecule is O=C(CO/N=C\c1ccccc1)Nc1ccccc1C(=O)O. The topological polar surface area (TPSA) is 88.0 Å². The monoisotopic (exact) mass is 298 g/mol. The molecule has 2 rings (SSSR count). The van der Waals surface area contributed by atoms with E-state index in [0.717, 1.165) is 5.56 Å². The molecule has 0 fully saturated rings. The van der Waals surface area contributed by atoms with Gasteiger partial charge in [-0.05, 0) is 17.7 Å². The first-order chi connectivity index (χ1) is 10.7. The minimum Gasteiger partial charge on any atom is -0.478 e. The summed E-state index contributed by atoms with van der Waals surface area (Å²) in [6.45, 7) is -0.308. The summed E-state index contributed by atoms with van der Waals surface area (Å²) < 4.78 is 0. The van der Waals surface area contributed by atoms with Gasteiger partial charge in [-0.3, -0.25) is 4.79 Å². The number of benzene rings is 2. The average Bonchev–Trinajstić information content (AvgIpc) is 2.53. The summed E-state index contributed by atoms with van der Waals surface area (Å²) in [7, 11) is 0. The van der Waals surface area contributed by atoms with Crippen LogP contribution in [0.1, 0.15) is 15.9 Å². The number of aromatic carboxylic acids is 1. The first-order valence-electron chi connectivity index (χ1n) is 6.49. The summed E-state index contributed by atoms with van der Waals surface area (Å²) in [5, 5.41) is 15.2. The van der Waals surface area contributed by atoms with Gasteiger partial charge in [0.1, 0.15) is 0 Å². The standard InChI is InChI=1S/C16H14N2O4/c19-15(11-22-17-10-12-6-2-1-3-7-12)18-14-9-5-4-8-13(14)16(20)21/h1-10H,11H2,(H,18,19)(H,20,21)/b17-10-. The average molecular weight is 298 g/mol. The highest BCUT2D eigenvalue weighted by molar-refractivity contribution is 6.00. The van der Waals surface area contributed by atoms with Crippen molar-refractivity contribution < 1.29 is 19.5 Å². The number of nitrogens with zero attached hydrogens (tertiary/aromatic N) is 1. The molecule has 2 aromatic carbocycles. The third-order valence-corrected chi connectivity index (χ3v) is 2.70. The van der Waals surface area contributed by atoms with Crippen molar-refractivity contribution in [2.75, 3.05) is 11.9 Å². The molecule has 0 unspecified atom stereocenters. The molecule has 6 heteroatoms. The lowest BCUT2D eigenvalue weighted by Crippen LogP contribution is -2.18. The number of hydrogen-bond acceptors (Lipinski definition) is 4. The number of carboxylic acid groups (broad SMARTS) is 1. The maximum Gasteiger partial charge on any atom is 0.337 e. The van der Waals surface area contributed by atoms with E-state index in [-0.39, 0.29) is 17.9 Å². The van der Waals surface area contributed by atoms with E-state index >= 15 is 0 Å². The van der Waals surface area contributed by atoms with Gasteiger partial charge in [0, 0.05) is 0 Å². The second kappa shape index (κ2) is 7.58. The molecular formula is C16H14N2O4. The number of carbonyl (C=O) groups is 2. The van der Waals surface area contributed by atoms with Gasteiger partial charge >= 0.3 is 5.97 Å². The number of carboxylic acids is 1. The van der Waals surface area contributed by atoms with Crippen molar-refractivity contribution in [1.82, 2.24) is 0 Å². The zero-order valence-electron chi connectivity index (χ0n) is 11.6. The predicted molar refractivity (Wildman–Crippen MR) is 82.0 cm³/mol. The van der Waals surface area contributed by atoms with E-state index in [9.17, 15) is 9.59 Å². The molecule has 2 aromatic rings. The maximum absolute atomic E-state index is 11.7. The third kappa shape index (κ3) is 4.45. The molecule has 0 spiro atoms. The number of hydrogen-bond donors (Lipinski definition) is 2. The Morgan fingerprint density at radius 2 is 1.77 bits per heavy atom. The summed E-state index contributed by atoms with van der Waals surface area (Å²) in [5.41, 5.74) is 1.08. The van der Waals surface area contributed by atoms with Crippen molar-refractivity contribution in [3.8, 4) is 0 Å². The number of carbonyl (C=O) groups excluding carboxylic acids is 1. The first-order valence-corrected chi connectivity index (χ1v) is 6.49. The van der Waals surface area contributed by atoms with Crippen molar-refractivity contribution in [2.24, 2.45) is 5.16 Å². The van der Waals surface area contributed by atoms with Crippen LogP contribution in [-0.2, 0) is 9.63 Å². The zero-order valence-corrected chi connectivity index (χ0v) is 11.6. The van der Waals surface area contributed by atoms with E-state index in [1.165, 1.54) is 18.3 Å². The Balaban J connectivity index is 1.86. The van der Waals surface area contributed by atoms with E-state index in [0.29, 0.717) is 0 Å². The van der Waals surface area contributed by atoms with Crippen LogP contribution in [0, 0.1) is 0 Å². The Morgan fingerprint density at radius 1 is 1.09 bits per heavy atom. The highest BCUT2D eigenvalue weighted by atomic mass is 16.6. The van der Waals surface area contributed by atoms with Gasteiger partial charge in [0.15, 0.2) is 6.61 Å². The Morgan fingerprint density at radius 3 is 2.50 bits per heavy atom. The molecule has 6 nitrogen and oxygen atoms in total. The first kappa shape index (κ1) is 15.2. The van der Waals surface area contributed by atoms with Gasteiger partial charge in [0.05, 0.1) is 17.5 Å². The predicted octanol–water partition coefficient (Wildman–Crippen LogP) is 2.37. The molecule has 0 atom stereocenters. The van der Waals surface area contributed by atoms with Crippen LogP contribution in [-0.4, -0.2) is 29.8 Å². The van der Waals surface area contributed by atoms with E-state index in [1.807, 2.05) is 30.3 Å². The molecule has 0 bridgehead atoms. The molecule has 0 aliphatic carbocycles. The van der Waals surface area contributed by atoms with Gasteiger partial charge in [-0.1, -0.05) is 47.6 Å². The van der Waals surface area contributed by atoms with Crippen molar-refractivity contribution in [2.45, 2.75) is 0 Å². The van der Waals surface area contributed by atoms with Crippen LogP contribution < -0.4 is 5.32 Å². The number of anilines is 1. The molecule has 0 aromatic heterocycles. The minimum absolute atomic E-state index is 0.0173. The van der Waals surface area contributed by atoms with Gasteiger partial charge < -0.3 is 15.3 Å². The molecule has 0 heterocycles. The highest BCUT2D eigenvalue weighted by Gasteiger charge is 2.11. The van der Waals surface area contributed by atoms with Crippen LogP contribution >= 0.6 is 0 Å². The van der Waals surface area contributed by atoms with Gasteiger partial charge in [-0.25, -0.2) is 4.79 Å². The number of amides is 1. The third-order valence-electron chi connectivity index (χ3n) is 2.70. The van der Waals surface area contributed by atoms with Gasteiger partial charge in [0.2, 0.25) is 0 Å². The van der Waals surface area contributed by atoms with Crippen LogP contribution in [0.4, 0.5) is 5.69 Å². The maximum atomic E-state index is 11.7. The second-order valence-corrected chi connectivity index (χ2v) is 4.32.